The van der Waals surface area contributed by atoms with Crippen LogP contribution in [0, 0.1) is 34.0 Å². The summed E-state index contributed by atoms with van der Waals surface area (Å²) in [6.07, 6.45) is 0. The molecule has 0 heterocycles. The van der Waals surface area contributed by atoms with Gasteiger partial charge in [0.15, 0.2) is 0 Å². The van der Waals surface area contributed by atoms with Crippen molar-refractivity contribution in [1.82, 2.24) is 0 Å². The van der Waals surface area contributed by atoms with Gasteiger partial charge in [0.2, 0.25) is 0 Å². The first kappa shape index (κ1) is 15.2. The van der Waals surface area contributed by atoms with Gasteiger partial charge in [-0.2, -0.15) is 15.8 Å². The lowest BCUT2D eigenvalue weighted by Gasteiger charge is -2.15. The van der Waals surface area contributed by atoms with Gasteiger partial charge in [-0.05, 0) is 11.5 Å². The van der Waals surface area contributed by atoms with E-state index in [2.05, 4.69) is 0 Å². The van der Waals surface area contributed by atoms with E-state index in [0.717, 1.165) is 10.8 Å². The minimum absolute atomic E-state index is 0.0265. The molecule has 0 radical (unpaired) electrons. The lowest BCUT2D eigenvalue weighted by molar-refractivity contribution is 0.415. The summed E-state index contributed by atoms with van der Waals surface area (Å²) in [4.78, 5) is 0. The Morgan fingerprint density at radius 3 is 2.04 bits per heavy atom. The summed E-state index contributed by atoms with van der Waals surface area (Å²) < 4.78 is 10.9. The normalized spacial score (nSPS) is 9.96. The number of hydrogen-bond acceptors (Lipinski definition) is 5. The highest BCUT2D eigenvalue weighted by Gasteiger charge is 2.23. The van der Waals surface area contributed by atoms with Gasteiger partial charge in [-0.15, -0.1) is 0 Å². The summed E-state index contributed by atoms with van der Waals surface area (Å²) in [5.41, 5.74) is 0.249. The average Bonchev–Trinajstić information content (AvgIpc) is 2.64. The zero-order chi connectivity index (χ0) is 17.3. The molecule has 5 heteroatoms. The zero-order valence-electron chi connectivity index (χ0n) is 13.0. The fourth-order valence-electron chi connectivity index (χ4n) is 3.00. The Hall–Kier alpha value is -3.75. The molecule has 0 aromatic heterocycles. The molecule has 3 aromatic rings. The monoisotopic (exact) mass is 313 g/mol. The third-order valence-corrected chi connectivity index (χ3v) is 3.99. The van der Waals surface area contributed by atoms with E-state index in [4.69, 9.17) is 9.47 Å². The first-order valence-electron chi connectivity index (χ1n) is 7.05. The van der Waals surface area contributed by atoms with E-state index in [1.165, 1.54) is 7.11 Å². The molecular weight excluding hydrogens is 302 g/mol. The van der Waals surface area contributed by atoms with E-state index in [1.807, 2.05) is 36.4 Å². The van der Waals surface area contributed by atoms with Crippen molar-refractivity contribution in [3.63, 3.8) is 0 Å². The fraction of sp³-hybridized carbons (Fsp3) is 0.105. The maximum absolute atomic E-state index is 9.55. The molecule has 0 bridgehead atoms. The zero-order valence-corrected chi connectivity index (χ0v) is 13.0. The summed E-state index contributed by atoms with van der Waals surface area (Å²) >= 11 is 0. The minimum Gasteiger partial charge on any atom is -0.496 e. The van der Waals surface area contributed by atoms with Crippen molar-refractivity contribution in [2.75, 3.05) is 14.2 Å². The highest BCUT2D eigenvalue weighted by atomic mass is 16.5. The van der Waals surface area contributed by atoms with Crippen LogP contribution in [0.25, 0.3) is 21.5 Å². The summed E-state index contributed by atoms with van der Waals surface area (Å²) in [6.45, 7) is 0. The van der Waals surface area contributed by atoms with Gasteiger partial charge in [-0.3, -0.25) is 0 Å². The summed E-state index contributed by atoms with van der Waals surface area (Å²) in [5.74, 6) is 0.882. The SMILES string of the molecule is COc1cccc2ccc3c(C#N)c(C#N)c(C#N)c(OC)c3c12. The van der Waals surface area contributed by atoms with E-state index in [-0.39, 0.29) is 22.4 Å². The molecule has 3 rings (SSSR count). The molecule has 0 aliphatic heterocycles. The molecule has 5 nitrogen and oxygen atoms in total. The standard InChI is InChI=1S/C19H11N3O2/c1-23-16-5-3-4-11-6-7-12-13(8-20)14(9-21)15(10-22)19(24-2)18(12)17(11)16/h3-7H,1-2H3. The molecule has 0 N–H and O–H groups in total. The quantitative estimate of drug-likeness (QED) is 0.674. The Bertz CT molecular complexity index is 1110. The van der Waals surface area contributed by atoms with Crippen molar-refractivity contribution >= 4 is 21.5 Å². The van der Waals surface area contributed by atoms with Gasteiger partial charge < -0.3 is 9.47 Å². The molecule has 0 unspecified atom stereocenters. The van der Waals surface area contributed by atoms with Crippen LogP contribution in [0.1, 0.15) is 16.7 Å². The summed E-state index contributed by atoms with van der Waals surface area (Å²) in [6, 6.07) is 15.2. The second kappa shape index (κ2) is 5.80. The van der Waals surface area contributed by atoms with Crippen molar-refractivity contribution in [1.29, 1.82) is 15.8 Å². The molecule has 0 aliphatic carbocycles. The number of nitrogens with zero attached hydrogens (tertiary/aromatic N) is 3. The Balaban J connectivity index is 2.75. The number of ether oxygens (including phenoxy) is 2. The van der Waals surface area contributed by atoms with Crippen molar-refractivity contribution in [2.45, 2.75) is 0 Å². The number of rotatable bonds is 2. The smallest absolute Gasteiger partial charge is 0.146 e. The molecule has 0 fully saturated rings. The van der Waals surface area contributed by atoms with E-state index < -0.39 is 0 Å². The molecule has 0 saturated carbocycles. The molecular formula is C19H11N3O2. The highest BCUT2D eigenvalue weighted by molar-refractivity contribution is 6.16. The van der Waals surface area contributed by atoms with Gasteiger partial charge in [0.25, 0.3) is 0 Å². The van der Waals surface area contributed by atoms with E-state index in [1.54, 1.807) is 19.2 Å². The van der Waals surface area contributed by atoms with Crippen LogP contribution in [0.15, 0.2) is 30.3 Å². The topological polar surface area (TPSA) is 89.8 Å². The largest absolute Gasteiger partial charge is 0.496 e. The second-order valence-corrected chi connectivity index (χ2v) is 5.04. The first-order valence-corrected chi connectivity index (χ1v) is 7.05. The van der Waals surface area contributed by atoms with Crippen LogP contribution in [-0.4, -0.2) is 14.2 Å². The molecule has 0 spiro atoms. The lowest BCUT2D eigenvalue weighted by atomic mass is 9.91. The van der Waals surface area contributed by atoms with Crippen molar-refractivity contribution in [2.24, 2.45) is 0 Å². The Labute approximate surface area is 138 Å². The van der Waals surface area contributed by atoms with Crippen LogP contribution in [-0.2, 0) is 0 Å². The first-order chi connectivity index (χ1) is 11.7. The minimum atomic E-state index is 0.0265. The molecule has 0 amide bonds. The molecule has 24 heavy (non-hydrogen) atoms. The average molecular weight is 313 g/mol. The van der Waals surface area contributed by atoms with Gasteiger partial charge in [-0.1, -0.05) is 24.3 Å². The van der Waals surface area contributed by atoms with Crippen molar-refractivity contribution in [3.8, 4) is 29.7 Å². The molecule has 0 atom stereocenters. The van der Waals surface area contributed by atoms with Crippen LogP contribution < -0.4 is 9.47 Å². The summed E-state index contributed by atoms with van der Waals surface area (Å²) in [5, 5.41) is 31.3. The lowest BCUT2D eigenvalue weighted by Crippen LogP contribution is -1.99. The Morgan fingerprint density at radius 1 is 0.750 bits per heavy atom. The number of methoxy groups -OCH3 is 2. The predicted molar refractivity (Wildman–Crippen MR) is 88.7 cm³/mol. The highest BCUT2D eigenvalue weighted by Crippen LogP contribution is 2.42. The van der Waals surface area contributed by atoms with Crippen LogP contribution in [0.3, 0.4) is 0 Å². The second-order valence-electron chi connectivity index (χ2n) is 5.04. The van der Waals surface area contributed by atoms with Gasteiger partial charge in [0.05, 0.1) is 25.3 Å². The third-order valence-electron chi connectivity index (χ3n) is 3.99. The van der Waals surface area contributed by atoms with Crippen LogP contribution in [0.5, 0.6) is 11.5 Å². The van der Waals surface area contributed by atoms with E-state index in [9.17, 15) is 15.8 Å². The van der Waals surface area contributed by atoms with E-state index >= 15 is 0 Å². The number of hydrogen-bond donors (Lipinski definition) is 0. The predicted octanol–water partition coefficient (Wildman–Crippen LogP) is 3.63. The molecule has 0 saturated heterocycles. The Morgan fingerprint density at radius 2 is 1.46 bits per heavy atom. The fourth-order valence-corrected chi connectivity index (χ4v) is 3.00. The van der Waals surface area contributed by atoms with Gasteiger partial charge in [0.1, 0.15) is 35.3 Å². The maximum Gasteiger partial charge on any atom is 0.146 e. The van der Waals surface area contributed by atoms with Gasteiger partial charge in [-0.25, -0.2) is 0 Å². The number of nitriles is 3. The van der Waals surface area contributed by atoms with Crippen LogP contribution in [0.4, 0.5) is 0 Å². The molecule has 0 aliphatic rings. The third kappa shape index (κ3) is 1.92. The van der Waals surface area contributed by atoms with Crippen molar-refractivity contribution < 1.29 is 9.47 Å². The Kier molecular flexibility index (Phi) is 3.66. The van der Waals surface area contributed by atoms with Crippen molar-refractivity contribution in [3.05, 3.63) is 47.0 Å². The summed E-state index contributed by atoms with van der Waals surface area (Å²) in [7, 11) is 3.00. The van der Waals surface area contributed by atoms with Crippen LogP contribution in [0.2, 0.25) is 0 Å². The maximum atomic E-state index is 9.55. The van der Waals surface area contributed by atoms with Gasteiger partial charge >= 0.3 is 0 Å². The van der Waals surface area contributed by atoms with Crippen LogP contribution >= 0.6 is 0 Å². The molecule has 3 aromatic carbocycles. The number of benzene rings is 3. The number of fused-ring (bicyclic) bond motifs is 3. The molecule has 114 valence electrons. The van der Waals surface area contributed by atoms with Gasteiger partial charge in [0, 0.05) is 16.2 Å². The van der Waals surface area contributed by atoms with E-state index in [0.29, 0.717) is 16.5 Å².